The van der Waals surface area contributed by atoms with Crippen LogP contribution in [0.2, 0.25) is 5.02 Å². The minimum atomic E-state index is -0.0149. The van der Waals surface area contributed by atoms with Gasteiger partial charge in [0, 0.05) is 22.0 Å². The quantitative estimate of drug-likeness (QED) is 0.838. The molecule has 0 radical (unpaired) electrons. The Morgan fingerprint density at radius 2 is 2.27 bits per heavy atom. The molecule has 2 N–H and O–H groups in total. The van der Waals surface area contributed by atoms with Gasteiger partial charge in [-0.05, 0) is 37.1 Å². The molecule has 0 amide bonds. The number of rotatable bonds is 3. The monoisotopic (exact) mass is 285 g/mol. The van der Waals surface area contributed by atoms with Gasteiger partial charge in [0.15, 0.2) is 0 Å². The summed E-state index contributed by atoms with van der Waals surface area (Å²) in [5.74, 6) is 5.86. The summed E-state index contributed by atoms with van der Waals surface area (Å²) < 4.78 is 1.00. The molecule has 1 unspecified atom stereocenters. The van der Waals surface area contributed by atoms with Crippen molar-refractivity contribution in [2.45, 2.75) is 25.8 Å². The molecule has 1 rings (SSSR count). The summed E-state index contributed by atoms with van der Waals surface area (Å²) in [6, 6.07) is 5.64. The Hall–Kier alpha value is -0.490. The van der Waals surface area contributed by atoms with Gasteiger partial charge in [-0.15, -0.1) is 11.8 Å². The van der Waals surface area contributed by atoms with E-state index < -0.39 is 0 Å². The predicted octanol–water partition coefficient (Wildman–Crippen LogP) is 3.91. The third-order valence-electron chi connectivity index (χ3n) is 2.11. The van der Waals surface area contributed by atoms with Crippen LogP contribution in [-0.2, 0) is 0 Å². The molecule has 0 spiro atoms. The Kier molecular flexibility index (Phi) is 5.17. The number of nitrogens with two attached hydrogens (primary N) is 1. The molecule has 3 heteroatoms. The second kappa shape index (κ2) is 6.17. The van der Waals surface area contributed by atoms with E-state index in [1.54, 1.807) is 0 Å². The van der Waals surface area contributed by atoms with E-state index in [9.17, 15) is 0 Å². The highest BCUT2D eigenvalue weighted by molar-refractivity contribution is 9.10. The van der Waals surface area contributed by atoms with Crippen LogP contribution in [-0.4, -0.2) is 0 Å². The van der Waals surface area contributed by atoms with Crippen LogP contribution >= 0.6 is 27.5 Å². The first kappa shape index (κ1) is 12.6. The third kappa shape index (κ3) is 3.87. The largest absolute Gasteiger partial charge is 0.324 e. The Balaban J connectivity index is 2.74. The average Bonchev–Trinajstić information content (AvgIpc) is 2.22. The summed E-state index contributed by atoms with van der Waals surface area (Å²) in [6.45, 7) is 1.83. The van der Waals surface area contributed by atoms with Crippen LogP contribution in [0.15, 0.2) is 22.7 Å². The molecule has 0 saturated heterocycles. The molecule has 0 saturated carbocycles. The molecule has 15 heavy (non-hydrogen) atoms. The molecule has 0 bridgehead atoms. The van der Waals surface area contributed by atoms with Gasteiger partial charge in [-0.1, -0.05) is 27.5 Å². The normalized spacial score (nSPS) is 11.7. The van der Waals surface area contributed by atoms with Crippen LogP contribution in [0.5, 0.6) is 0 Å². The number of hydrogen-bond acceptors (Lipinski definition) is 1. The Bertz CT molecular complexity index is 392. The third-order valence-corrected chi connectivity index (χ3v) is 3.07. The van der Waals surface area contributed by atoms with E-state index >= 15 is 0 Å². The van der Waals surface area contributed by atoms with E-state index in [1.807, 2.05) is 25.1 Å². The van der Waals surface area contributed by atoms with Crippen LogP contribution in [0, 0.1) is 11.8 Å². The van der Waals surface area contributed by atoms with Crippen molar-refractivity contribution in [3.8, 4) is 11.8 Å². The smallest absolute Gasteiger partial charge is 0.0410 e. The van der Waals surface area contributed by atoms with Gasteiger partial charge >= 0.3 is 0 Å². The molecular formula is C12H13BrClN. The first-order valence-electron chi connectivity index (χ1n) is 4.75. The van der Waals surface area contributed by atoms with E-state index in [0.717, 1.165) is 22.9 Å². The second-order valence-electron chi connectivity index (χ2n) is 3.24. The zero-order chi connectivity index (χ0) is 11.3. The van der Waals surface area contributed by atoms with E-state index in [2.05, 4.69) is 27.8 Å². The molecule has 1 atom stereocenters. The maximum atomic E-state index is 6.05. The summed E-state index contributed by atoms with van der Waals surface area (Å²) in [5, 5.41) is 0.713. The average molecular weight is 287 g/mol. The van der Waals surface area contributed by atoms with Crippen molar-refractivity contribution in [3.63, 3.8) is 0 Å². The summed E-state index contributed by atoms with van der Waals surface area (Å²) in [5.41, 5.74) is 7.09. The van der Waals surface area contributed by atoms with Gasteiger partial charge in [0.25, 0.3) is 0 Å². The topological polar surface area (TPSA) is 26.0 Å². The van der Waals surface area contributed by atoms with Gasteiger partial charge in [0.2, 0.25) is 0 Å². The van der Waals surface area contributed by atoms with Crippen molar-refractivity contribution in [2.75, 3.05) is 0 Å². The Morgan fingerprint density at radius 3 is 2.93 bits per heavy atom. The second-order valence-corrected chi connectivity index (χ2v) is 4.53. The van der Waals surface area contributed by atoms with Gasteiger partial charge < -0.3 is 5.73 Å². The summed E-state index contributed by atoms with van der Waals surface area (Å²) >= 11 is 9.38. The van der Waals surface area contributed by atoms with Gasteiger partial charge in [0.05, 0.1) is 0 Å². The molecule has 0 aliphatic rings. The van der Waals surface area contributed by atoms with E-state index in [4.69, 9.17) is 17.3 Å². The first-order valence-corrected chi connectivity index (χ1v) is 5.92. The van der Waals surface area contributed by atoms with Crippen molar-refractivity contribution < 1.29 is 0 Å². The molecule has 0 aliphatic carbocycles. The molecule has 1 aromatic rings. The molecule has 0 heterocycles. The fourth-order valence-electron chi connectivity index (χ4n) is 1.31. The number of halogens is 2. The lowest BCUT2D eigenvalue weighted by Crippen LogP contribution is -2.10. The van der Waals surface area contributed by atoms with Crippen LogP contribution in [0.3, 0.4) is 0 Å². The summed E-state index contributed by atoms with van der Waals surface area (Å²) in [6.07, 6.45) is 1.66. The predicted molar refractivity (Wildman–Crippen MR) is 68.8 cm³/mol. The highest BCUT2D eigenvalue weighted by atomic mass is 79.9. The van der Waals surface area contributed by atoms with Gasteiger partial charge in [0.1, 0.15) is 0 Å². The first-order chi connectivity index (χ1) is 7.15. The van der Waals surface area contributed by atoms with Gasteiger partial charge in [-0.2, -0.15) is 0 Å². The Morgan fingerprint density at radius 1 is 1.53 bits per heavy atom. The maximum absolute atomic E-state index is 6.05. The maximum Gasteiger partial charge on any atom is 0.0410 e. The SMILES string of the molecule is CC#CCCC(N)c1cc(Cl)ccc1Br. The molecule has 0 aliphatic heterocycles. The van der Waals surface area contributed by atoms with Crippen molar-refractivity contribution in [1.29, 1.82) is 0 Å². The highest BCUT2D eigenvalue weighted by Gasteiger charge is 2.09. The van der Waals surface area contributed by atoms with Crippen LogP contribution in [0.25, 0.3) is 0 Å². The lowest BCUT2D eigenvalue weighted by Gasteiger charge is -2.12. The molecule has 1 nitrogen and oxygen atoms in total. The van der Waals surface area contributed by atoms with Crippen LogP contribution in [0.4, 0.5) is 0 Å². The summed E-state index contributed by atoms with van der Waals surface area (Å²) in [4.78, 5) is 0. The van der Waals surface area contributed by atoms with E-state index in [1.165, 1.54) is 0 Å². The number of benzene rings is 1. The van der Waals surface area contributed by atoms with Crippen LogP contribution < -0.4 is 5.73 Å². The van der Waals surface area contributed by atoms with Gasteiger partial charge in [-0.3, -0.25) is 0 Å². The zero-order valence-electron chi connectivity index (χ0n) is 8.56. The van der Waals surface area contributed by atoms with Gasteiger partial charge in [-0.25, -0.2) is 0 Å². The number of hydrogen-bond donors (Lipinski definition) is 1. The minimum absolute atomic E-state index is 0.0149. The van der Waals surface area contributed by atoms with Crippen molar-refractivity contribution >= 4 is 27.5 Å². The van der Waals surface area contributed by atoms with E-state index in [0.29, 0.717) is 5.02 Å². The molecular weight excluding hydrogens is 273 g/mol. The standard InChI is InChI=1S/C12H13BrClN/c1-2-3-4-5-12(15)10-8-9(14)6-7-11(10)13/h6-8,12H,4-5,15H2,1H3. The van der Waals surface area contributed by atoms with Crippen molar-refractivity contribution in [1.82, 2.24) is 0 Å². The van der Waals surface area contributed by atoms with Crippen molar-refractivity contribution in [3.05, 3.63) is 33.3 Å². The lowest BCUT2D eigenvalue weighted by atomic mass is 10.0. The Labute approximate surface area is 104 Å². The fourth-order valence-corrected chi connectivity index (χ4v) is 2.03. The summed E-state index contributed by atoms with van der Waals surface area (Å²) in [7, 11) is 0. The molecule has 0 fully saturated rings. The van der Waals surface area contributed by atoms with Crippen molar-refractivity contribution in [2.24, 2.45) is 5.73 Å². The lowest BCUT2D eigenvalue weighted by molar-refractivity contribution is 0.665. The molecule has 0 aromatic heterocycles. The molecule has 1 aromatic carbocycles. The fraction of sp³-hybridized carbons (Fsp3) is 0.333. The zero-order valence-corrected chi connectivity index (χ0v) is 10.9. The molecule has 80 valence electrons. The van der Waals surface area contributed by atoms with Crippen LogP contribution in [0.1, 0.15) is 31.4 Å². The van der Waals surface area contributed by atoms with E-state index in [-0.39, 0.29) is 6.04 Å². The minimum Gasteiger partial charge on any atom is -0.324 e. The highest BCUT2D eigenvalue weighted by Crippen LogP contribution is 2.27.